The molecule has 8 heteroatoms. The average molecular weight is 564 g/mol. The molecular formula is C32H41N3O4S. The molecule has 40 heavy (non-hydrogen) atoms. The van der Waals surface area contributed by atoms with Crippen LogP contribution in [0.4, 0.5) is 5.69 Å². The van der Waals surface area contributed by atoms with Crippen LogP contribution >= 0.6 is 0 Å². The first-order valence-electron chi connectivity index (χ1n) is 13.7. The summed E-state index contributed by atoms with van der Waals surface area (Å²) in [5.74, 6) is -0.402. The van der Waals surface area contributed by atoms with E-state index >= 15 is 0 Å². The second-order valence-corrected chi connectivity index (χ2v) is 12.2. The van der Waals surface area contributed by atoms with Gasteiger partial charge in [0.25, 0.3) is 0 Å². The molecule has 0 heterocycles. The molecule has 0 aromatic heterocycles. The van der Waals surface area contributed by atoms with Crippen molar-refractivity contribution in [3.05, 3.63) is 101 Å². The van der Waals surface area contributed by atoms with Crippen LogP contribution in [0.5, 0.6) is 0 Å². The molecule has 0 spiro atoms. The average Bonchev–Trinajstić information content (AvgIpc) is 2.91. The monoisotopic (exact) mass is 563 g/mol. The highest BCUT2D eigenvalue weighted by molar-refractivity contribution is 7.92. The first-order chi connectivity index (χ1) is 19.0. The predicted molar refractivity (Wildman–Crippen MR) is 162 cm³/mol. The molecule has 0 saturated heterocycles. The van der Waals surface area contributed by atoms with Crippen molar-refractivity contribution in [3.63, 3.8) is 0 Å². The van der Waals surface area contributed by atoms with E-state index in [1.54, 1.807) is 11.0 Å². The lowest BCUT2D eigenvalue weighted by Crippen LogP contribution is -2.50. The van der Waals surface area contributed by atoms with Crippen LogP contribution in [-0.2, 0) is 32.6 Å². The van der Waals surface area contributed by atoms with Gasteiger partial charge in [-0.1, -0.05) is 66.2 Å². The largest absolute Gasteiger partial charge is 0.355 e. The molecule has 0 radical (unpaired) electrons. The van der Waals surface area contributed by atoms with Crippen molar-refractivity contribution in [1.82, 2.24) is 10.2 Å². The van der Waals surface area contributed by atoms with Gasteiger partial charge in [-0.05, 0) is 68.5 Å². The number of hydrogen-bond donors (Lipinski definition) is 1. The lowest BCUT2D eigenvalue weighted by Gasteiger charge is -2.32. The fourth-order valence-corrected chi connectivity index (χ4v) is 5.58. The Balaban J connectivity index is 1.86. The Hall–Kier alpha value is -3.65. The zero-order valence-corrected chi connectivity index (χ0v) is 25.0. The maximum Gasteiger partial charge on any atom is 0.243 e. The van der Waals surface area contributed by atoms with Crippen molar-refractivity contribution in [2.45, 2.75) is 59.5 Å². The number of aryl methyl sites for hydroxylation is 3. The summed E-state index contributed by atoms with van der Waals surface area (Å²) in [5, 5.41) is 2.90. The zero-order chi connectivity index (χ0) is 29.3. The molecule has 0 aliphatic carbocycles. The van der Waals surface area contributed by atoms with Gasteiger partial charge in [-0.25, -0.2) is 8.42 Å². The fraction of sp³-hybridized carbons (Fsp3) is 0.375. The Bertz CT molecular complexity index is 1390. The van der Waals surface area contributed by atoms with E-state index in [9.17, 15) is 18.0 Å². The molecule has 3 aromatic carbocycles. The van der Waals surface area contributed by atoms with Crippen molar-refractivity contribution in [2.24, 2.45) is 0 Å². The number of hydrogen-bond acceptors (Lipinski definition) is 4. The van der Waals surface area contributed by atoms with E-state index in [4.69, 9.17) is 0 Å². The van der Waals surface area contributed by atoms with E-state index < -0.39 is 16.1 Å². The summed E-state index contributed by atoms with van der Waals surface area (Å²) in [6.45, 7) is 8.68. The highest BCUT2D eigenvalue weighted by atomic mass is 32.2. The molecule has 0 fully saturated rings. The van der Waals surface area contributed by atoms with Crippen molar-refractivity contribution in [1.29, 1.82) is 0 Å². The summed E-state index contributed by atoms with van der Waals surface area (Å²) in [6, 6.07) is 22.4. The molecule has 3 aromatic rings. The third-order valence-corrected chi connectivity index (χ3v) is 8.22. The molecule has 0 bridgehead atoms. The van der Waals surface area contributed by atoms with Crippen LogP contribution in [0, 0.1) is 20.8 Å². The van der Waals surface area contributed by atoms with E-state index in [1.165, 1.54) is 10.6 Å². The van der Waals surface area contributed by atoms with E-state index in [2.05, 4.69) is 5.32 Å². The first-order valence-corrected chi connectivity index (χ1v) is 15.6. The molecule has 1 N–H and O–H groups in total. The van der Waals surface area contributed by atoms with Crippen molar-refractivity contribution in [2.75, 3.05) is 23.7 Å². The lowest BCUT2D eigenvalue weighted by atomic mass is 10.0. The van der Waals surface area contributed by atoms with Gasteiger partial charge < -0.3 is 10.2 Å². The Morgan fingerprint density at radius 2 is 1.55 bits per heavy atom. The van der Waals surface area contributed by atoms with Gasteiger partial charge in [-0.15, -0.1) is 0 Å². The quantitative estimate of drug-likeness (QED) is 0.319. The Morgan fingerprint density at radius 3 is 2.15 bits per heavy atom. The molecule has 214 valence electrons. The summed E-state index contributed by atoms with van der Waals surface area (Å²) in [5.41, 5.74) is 5.65. The highest BCUT2D eigenvalue weighted by Crippen LogP contribution is 2.23. The second kappa shape index (κ2) is 14.1. The highest BCUT2D eigenvalue weighted by Gasteiger charge is 2.30. The topological polar surface area (TPSA) is 86.8 Å². The SMILES string of the molecule is CCNC(=O)C(Cc1ccccc1)N(Cc1ccc(C)cc1)C(=O)CCCN(c1ccc(C)c(C)c1)S(C)(=O)=O. The van der Waals surface area contributed by atoms with Gasteiger partial charge in [0.2, 0.25) is 21.8 Å². The number of carbonyl (C=O) groups is 2. The number of nitrogens with one attached hydrogen (secondary N) is 1. The van der Waals surface area contributed by atoms with Gasteiger partial charge in [-0.3, -0.25) is 13.9 Å². The normalized spacial score (nSPS) is 12.0. The zero-order valence-electron chi connectivity index (χ0n) is 24.2. The molecular weight excluding hydrogens is 522 g/mol. The fourth-order valence-electron chi connectivity index (χ4n) is 4.62. The molecule has 1 unspecified atom stereocenters. The van der Waals surface area contributed by atoms with Gasteiger partial charge in [0, 0.05) is 32.5 Å². The summed E-state index contributed by atoms with van der Waals surface area (Å²) in [7, 11) is -3.55. The van der Waals surface area contributed by atoms with Gasteiger partial charge >= 0.3 is 0 Å². The van der Waals surface area contributed by atoms with Crippen LogP contribution in [0.2, 0.25) is 0 Å². The lowest BCUT2D eigenvalue weighted by molar-refractivity contribution is -0.141. The summed E-state index contributed by atoms with van der Waals surface area (Å²) < 4.78 is 26.7. The first kappa shape index (κ1) is 30.9. The van der Waals surface area contributed by atoms with Crippen molar-refractivity contribution >= 4 is 27.5 Å². The summed E-state index contributed by atoms with van der Waals surface area (Å²) in [6.07, 6.45) is 1.98. The molecule has 0 aliphatic heterocycles. The predicted octanol–water partition coefficient (Wildman–Crippen LogP) is 4.93. The molecule has 0 saturated carbocycles. The van der Waals surface area contributed by atoms with E-state index in [-0.39, 0.29) is 31.3 Å². The summed E-state index contributed by atoms with van der Waals surface area (Å²) in [4.78, 5) is 28.7. The molecule has 0 aliphatic rings. The van der Waals surface area contributed by atoms with Crippen LogP contribution in [-0.4, -0.2) is 50.5 Å². The summed E-state index contributed by atoms with van der Waals surface area (Å²) >= 11 is 0. The number of carbonyl (C=O) groups excluding carboxylic acids is 2. The Labute approximate surface area is 239 Å². The number of benzene rings is 3. The second-order valence-electron chi connectivity index (χ2n) is 10.3. The van der Waals surface area contributed by atoms with Crippen molar-refractivity contribution < 1.29 is 18.0 Å². The third kappa shape index (κ3) is 8.68. The minimum absolute atomic E-state index is 0.105. The smallest absolute Gasteiger partial charge is 0.243 e. The minimum atomic E-state index is -3.55. The molecule has 7 nitrogen and oxygen atoms in total. The molecule has 2 amide bonds. The number of rotatable bonds is 13. The van der Waals surface area contributed by atoms with E-state index in [0.29, 0.717) is 25.1 Å². The van der Waals surface area contributed by atoms with Crippen LogP contribution in [0.25, 0.3) is 0 Å². The number of amides is 2. The number of nitrogens with zero attached hydrogens (tertiary/aromatic N) is 2. The minimum Gasteiger partial charge on any atom is -0.355 e. The van der Waals surface area contributed by atoms with Crippen LogP contribution in [0.1, 0.15) is 47.6 Å². The Morgan fingerprint density at radius 1 is 0.875 bits per heavy atom. The van der Waals surface area contributed by atoms with Gasteiger partial charge in [0.05, 0.1) is 11.9 Å². The van der Waals surface area contributed by atoms with E-state index in [1.807, 2.05) is 94.4 Å². The van der Waals surface area contributed by atoms with Crippen LogP contribution in [0.15, 0.2) is 72.8 Å². The standard InChI is InChI=1S/C32H41N3O4S/c1-6-33-32(37)30(22-27-11-8-7-9-12-27)34(23-28-17-14-24(2)15-18-28)31(36)13-10-20-35(40(5,38)39)29-19-16-25(3)26(4)21-29/h7-9,11-12,14-19,21,30H,6,10,13,20,22-23H2,1-5H3,(H,33,37). The number of anilines is 1. The van der Waals surface area contributed by atoms with Gasteiger partial charge in [0.15, 0.2) is 0 Å². The molecule has 3 rings (SSSR count). The molecule has 1 atom stereocenters. The van der Waals surface area contributed by atoms with E-state index in [0.717, 1.165) is 27.8 Å². The van der Waals surface area contributed by atoms with Gasteiger partial charge in [0.1, 0.15) is 6.04 Å². The van der Waals surface area contributed by atoms with Crippen molar-refractivity contribution in [3.8, 4) is 0 Å². The Kier molecular flexibility index (Phi) is 10.9. The maximum atomic E-state index is 13.8. The maximum absolute atomic E-state index is 13.8. The number of likely N-dealkylation sites (N-methyl/N-ethyl adjacent to an activating group) is 1. The van der Waals surface area contributed by atoms with Crippen LogP contribution in [0.3, 0.4) is 0 Å². The number of sulfonamides is 1. The van der Waals surface area contributed by atoms with Gasteiger partial charge in [-0.2, -0.15) is 0 Å². The van der Waals surface area contributed by atoms with Crippen LogP contribution < -0.4 is 9.62 Å². The third-order valence-electron chi connectivity index (χ3n) is 7.03.